The van der Waals surface area contributed by atoms with E-state index in [2.05, 4.69) is 10.3 Å². The van der Waals surface area contributed by atoms with Crippen LogP contribution in [0.15, 0.2) is 12.3 Å². The van der Waals surface area contributed by atoms with E-state index in [-0.39, 0.29) is 24.1 Å². The standard InChI is InChI=1S/C11H11F3N2O2/c1-6-4-8(7(5-15-6)9(17)18)16-10(2-3-10)11(12,13)14/h4-5H,2-3H2,1H3,(H,15,16)(H,17,18). The molecule has 0 amide bonds. The first kappa shape index (κ1) is 12.7. The van der Waals surface area contributed by atoms with Gasteiger partial charge >= 0.3 is 12.1 Å². The minimum Gasteiger partial charge on any atom is -0.478 e. The summed E-state index contributed by atoms with van der Waals surface area (Å²) < 4.78 is 38.4. The SMILES string of the molecule is Cc1cc(NC2(C(F)(F)F)CC2)c(C(=O)O)cn1. The third kappa shape index (κ3) is 2.12. The number of halogens is 3. The van der Waals surface area contributed by atoms with E-state index in [1.165, 1.54) is 6.07 Å². The Kier molecular flexibility index (Phi) is 2.71. The molecule has 0 radical (unpaired) electrons. The molecule has 18 heavy (non-hydrogen) atoms. The Hall–Kier alpha value is -1.79. The number of nitrogens with one attached hydrogen (secondary N) is 1. The maximum Gasteiger partial charge on any atom is 0.411 e. The fourth-order valence-corrected chi connectivity index (χ4v) is 1.70. The number of aromatic nitrogens is 1. The van der Waals surface area contributed by atoms with Crippen molar-refractivity contribution in [1.29, 1.82) is 0 Å². The third-order valence-corrected chi connectivity index (χ3v) is 2.94. The fourth-order valence-electron chi connectivity index (χ4n) is 1.70. The number of hydrogen-bond acceptors (Lipinski definition) is 3. The van der Waals surface area contributed by atoms with Gasteiger partial charge < -0.3 is 10.4 Å². The molecular weight excluding hydrogens is 249 g/mol. The van der Waals surface area contributed by atoms with Gasteiger partial charge in [-0.05, 0) is 25.8 Å². The second kappa shape index (κ2) is 3.86. The van der Waals surface area contributed by atoms with Gasteiger partial charge in [-0.2, -0.15) is 13.2 Å². The molecule has 0 bridgehead atoms. The number of hydrogen-bond donors (Lipinski definition) is 2. The Balaban J connectivity index is 2.35. The topological polar surface area (TPSA) is 62.2 Å². The van der Waals surface area contributed by atoms with E-state index < -0.39 is 17.7 Å². The highest BCUT2D eigenvalue weighted by Gasteiger charge is 2.63. The lowest BCUT2D eigenvalue weighted by Crippen LogP contribution is -2.39. The molecule has 1 saturated carbocycles. The van der Waals surface area contributed by atoms with Crippen LogP contribution in [0.5, 0.6) is 0 Å². The maximum absolute atomic E-state index is 12.8. The van der Waals surface area contributed by atoms with Gasteiger partial charge in [0.15, 0.2) is 0 Å². The number of anilines is 1. The highest BCUT2D eigenvalue weighted by molar-refractivity contribution is 5.94. The van der Waals surface area contributed by atoms with Crippen molar-refractivity contribution in [2.45, 2.75) is 31.5 Å². The summed E-state index contributed by atoms with van der Waals surface area (Å²) in [5.41, 5.74) is -1.81. The van der Waals surface area contributed by atoms with Crippen LogP contribution in [-0.4, -0.2) is 27.8 Å². The molecule has 4 nitrogen and oxygen atoms in total. The zero-order chi connectivity index (χ0) is 13.6. The van der Waals surface area contributed by atoms with Gasteiger partial charge in [0.05, 0.1) is 5.69 Å². The molecule has 7 heteroatoms. The lowest BCUT2D eigenvalue weighted by atomic mass is 10.1. The fraction of sp³-hybridized carbons (Fsp3) is 0.455. The predicted octanol–water partition coefficient (Wildman–Crippen LogP) is 2.60. The number of carbonyl (C=O) groups is 1. The molecular formula is C11H11F3N2O2. The number of rotatable bonds is 3. The van der Waals surface area contributed by atoms with Crippen LogP contribution in [0.25, 0.3) is 0 Å². The van der Waals surface area contributed by atoms with Crippen molar-refractivity contribution >= 4 is 11.7 Å². The summed E-state index contributed by atoms with van der Waals surface area (Å²) in [4.78, 5) is 14.7. The van der Waals surface area contributed by atoms with E-state index in [1.807, 2.05) is 0 Å². The van der Waals surface area contributed by atoms with Crippen LogP contribution in [0.2, 0.25) is 0 Å². The Bertz CT molecular complexity index is 496. The van der Waals surface area contributed by atoms with Gasteiger partial charge in [0.1, 0.15) is 11.1 Å². The highest BCUT2D eigenvalue weighted by atomic mass is 19.4. The first-order chi connectivity index (χ1) is 8.25. The first-order valence-electron chi connectivity index (χ1n) is 5.30. The van der Waals surface area contributed by atoms with E-state index in [0.717, 1.165) is 6.20 Å². The van der Waals surface area contributed by atoms with Crippen molar-refractivity contribution in [3.63, 3.8) is 0 Å². The van der Waals surface area contributed by atoms with Crippen LogP contribution < -0.4 is 5.32 Å². The summed E-state index contributed by atoms with van der Waals surface area (Å²) in [6.45, 7) is 1.59. The van der Waals surface area contributed by atoms with Crippen molar-refractivity contribution < 1.29 is 23.1 Å². The molecule has 0 atom stereocenters. The number of alkyl halides is 3. The van der Waals surface area contributed by atoms with Gasteiger partial charge in [-0.1, -0.05) is 0 Å². The summed E-state index contributed by atoms with van der Waals surface area (Å²) in [6, 6.07) is 1.31. The molecule has 2 rings (SSSR count). The third-order valence-electron chi connectivity index (χ3n) is 2.94. The van der Waals surface area contributed by atoms with E-state index in [4.69, 9.17) is 5.11 Å². The van der Waals surface area contributed by atoms with Gasteiger partial charge in [-0.15, -0.1) is 0 Å². The molecule has 1 fully saturated rings. The molecule has 1 aromatic heterocycles. The minimum absolute atomic E-state index is 0.0372. The minimum atomic E-state index is -4.39. The first-order valence-corrected chi connectivity index (χ1v) is 5.30. The second-order valence-corrected chi connectivity index (χ2v) is 4.38. The Morgan fingerprint density at radius 1 is 1.50 bits per heavy atom. The largest absolute Gasteiger partial charge is 0.478 e. The summed E-state index contributed by atoms with van der Waals surface area (Å²) >= 11 is 0. The van der Waals surface area contributed by atoms with Crippen LogP contribution >= 0.6 is 0 Å². The van der Waals surface area contributed by atoms with Crippen LogP contribution in [0.3, 0.4) is 0 Å². The number of nitrogens with zero attached hydrogens (tertiary/aromatic N) is 1. The Morgan fingerprint density at radius 2 is 2.11 bits per heavy atom. The van der Waals surface area contributed by atoms with Gasteiger partial charge in [-0.25, -0.2) is 4.79 Å². The molecule has 0 aromatic carbocycles. The lowest BCUT2D eigenvalue weighted by Gasteiger charge is -2.23. The summed E-state index contributed by atoms with van der Waals surface area (Å²) in [6.07, 6.45) is -3.42. The van der Waals surface area contributed by atoms with Gasteiger partial charge in [-0.3, -0.25) is 4.98 Å². The summed E-state index contributed by atoms with van der Waals surface area (Å²) in [5, 5.41) is 11.2. The number of aryl methyl sites for hydroxylation is 1. The average Bonchev–Trinajstić information content (AvgIpc) is 2.97. The number of carboxylic acids is 1. The smallest absolute Gasteiger partial charge is 0.411 e. The van der Waals surface area contributed by atoms with Crippen molar-refractivity contribution in [1.82, 2.24) is 4.98 Å². The van der Waals surface area contributed by atoms with Gasteiger partial charge in [0.2, 0.25) is 0 Å². The van der Waals surface area contributed by atoms with Crippen LogP contribution in [0.4, 0.5) is 18.9 Å². The Labute approximate surface area is 101 Å². The molecule has 0 spiro atoms. The second-order valence-electron chi connectivity index (χ2n) is 4.38. The van der Waals surface area contributed by atoms with Gasteiger partial charge in [0, 0.05) is 11.9 Å². The molecule has 0 saturated heterocycles. The van der Waals surface area contributed by atoms with Crippen molar-refractivity contribution in [2.24, 2.45) is 0 Å². The Morgan fingerprint density at radius 3 is 2.56 bits per heavy atom. The van der Waals surface area contributed by atoms with Crippen molar-refractivity contribution in [2.75, 3.05) is 5.32 Å². The zero-order valence-corrected chi connectivity index (χ0v) is 9.51. The van der Waals surface area contributed by atoms with Crippen LogP contribution in [-0.2, 0) is 0 Å². The monoisotopic (exact) mass is 260 g/mol. The normalized spacial score (nSPS) is 17.3. The van der Waals surface area contributed by atoms with Crippen molar-refractivity contribution in [3.05, 3.63) is 23.5 Å². The molecule has 2 N–H and O–H groups in total. The molecule has 0 aliphatic heterocycles. The predicted molar refractivity (Wildman–Crippen MR) is 57.6 cm³/mol. The molecule has 1 heterocycles. The van der Waals surface area contributed by atoms with E-state index in [1.54, 1.807) is 6.92 Å². The molecule has 98 valence electrons. The zero-order valence-electron chi connectivity index (χ0n) is 9.51. The van der Waals surface area contributed by atoms with E-state index in [0.29, 0.717) is 5.69 Å². The van der Waals surface area contributed by atoms with Crippen LogP contribution in [0, 0.1) is 6.92 Å². The molecule has 1 aliphatic carbocycles. The van der Waals surface area contributed by atoms with Crippen LogP contribution in [0.1, 0.15) is 28.9 Å². The molecule has 1 aromatic rings. The van der Waals surface area contributed by atoms with E-state index in [9.17, 15) is 18.0 Å². The van der Waals surface area contributed by atoms with Crippen molar-refractivity contribution in [3.8, 4) is 0 Å². The number of pyridine rings is 1. The maximum atomic E-state index is 12.8. The van der Waals surface area contributed by atoms with Gasteiger partial charge in [0.25, 0.3) is 0 Å². The lowest BCUT2D eigenvalue weighted by molar-refractivity contribution is -0.151. The highest BCUT2D eigenvalue weighted by Crippen LogP contribution is 2.51. The van der Waals surface area contributed by atoms with E-state index >= 15 is 0 Å². The molecule has 1 aliphatic rings. The summed E-state index contributed by atoms with van der Waals surface area (Å²) in [7, 11) is 0. The number of aromatic carboxylic acids is 1. The quantitative estimate of drug-likeness (QED) is 0.876. The average molecular weight is 260 g/mol. The number of carboxylic acid groups (broad SMARTS) is 1. The summed E-state index contributed by atoms with van der Waals surface area (Å²) in [5.74, 6) is -1.30. The molecule has 0 unspecified atom stereocenters.